The van der Waals surface area contributed by atoms with Gasteiger partial charge in [-0.2, -0.15) is 0 Å². The van der Waals surface area contributed by atoms with Crippen LogP contribution in [0.15, 0.2) is 60.9 Å². The highest BCUT2D eigenvalue weighted by molar-refractivity contribution is 5.90. The number of nitrogens with two attached hydrogens (primary N) is 1. The smallest absolute Gasteiger partial charge is 0.180 e. The zero-order valence-corrected chi connectivity index (χ0v) is 17.2. The third kappa shape index (κ3) is 3.29. The Balaban J connectivity index is 1.86. The molecule has 2 aromatic carbocycles. The van der Waals surface area contributed by atoms with Gasteiger partial charge in [-0.25, -0.2) is 14.4 Å². The third-order valence-corrected chi connectivity index (χ3v) is 5.39. The average molecular weight is 412 g/mol. The summed E-state index contributed by atoms with van der Waals surface area (Å²) in [5.74, 6) is 0.0229. The molecule has 0 unspecified atom stereocenters. The second-order valence-corrected chi connectivity index (χ2v) is 7.52. The highest BCUT2D eigenvalue weighted by Crippen LogP contribution is 2.35. The van der Waals surface area contributed by atoms with Crippen LogP contribution in [0, 0.1) is 12.7 Å². The Morgan fingerprint density at radius 2 is 1.81 bits per heavy atom. The molecular formula is C24H21FN6. The number of halogens is 1. The SMILES string of the molecule is CNCc1cn2c(-c3ccc4nccc(C)c4c3)c(-c3ccc(F)cc3)nc(N)c2n1. The van der Waals surface area contributed by atoms with E-state index in [4.69, 9.17) is 5.73 Å². The van der Waals surface area contributed by atoms with E-state index in [0.29, 0.717) is 23.7 Å². The molecule has 0 atom stereocenters. The van der Waals surface area contributed by atoms with E-state index >= 15 is 0 Å². The van der Waals surface area contributed by atoms with Gasteiger partial charge < -0.3 is 11.1 Å². The maximum absolute atomic E-state index is 13.6. The zero-order chi connectivity index (χ0) is 21.5. The van der Waals surface area contributed by atoms with E-state index in [9.17, 15) is 4.39 Å². The Hall–Kier alpha value is -3.84. The lowest BCUT2D eigenvalue weighted by molar-refractivity contribution is 0.628. The van der Waals surface area contributed by atoms with Crippen molar-refractivity contribution in [2.75, 3.05) is 12.8 Å². The molecule has 0 saturated heterocycles. The van der Waals surface area contributed by atoms with E-state index in [1.165, 1.54) is 12.1 Å². The van der Waals surface area contributed by atoms with Crippen LogP contribution >= 0.6 is 0 Å². The predicted octanol–water partition coefficient (Wildman–Crippen LogP) is 4.36. The predicted molar refractivity (Wildman–Crippen MR) is 121 cm³/mol. The van der Waals surface area contributed by atoms with Crippen LogP contribution in [0.4, 0.5) is 10.2 Å². The highest BCUT2D eigenvalue weighted by atomic mass is 19.1. The first kappa shape index (κ1) is 19.1. The molecule has 0 aliphatic carbocycles. The molecule has 0 aliphatic heterocycles. The van der Waals surface area contributed by atoms with Crippen molar-refractivity contribution in [3.63, 3.8) is 0 Å². The maximum Gasteiger partial charge on any atom is 0.180 e. The topological polar surface area (TPSA) is 81.1 Å². The monoisotopic (exact) mass is 412 g/mol. The van der Waals surface area contributed by atoms with Gasteiger partial charge in [-0.3, -0.25) is 9.38 Å². The Labute approximate surface area is 178 Å². The summed E-state index contributed by atoms with van der Waals surface area (Å²) in [4.78, 5) is 13.8. The van der Waals surface area contributed by atoms with Gasteiger partial charge in [0.1, 0.15) is 5.82 Å². The van der Waals surface area contributed by atoms with Crippen LogP contribution in [-0.2, 0) is 6.54 Å². The van der Waals surface area contributed by atoms with Gasteiger partial charge in [-0.05, 0) is 62.0 Å². The molecule has 5 rings (SSSR count). The number of imidazole rings is 1. The fourth-order valence-corrected chi connectivity index (χ4v) is 3.90. The second kappa shape index (κ2) is 7.45. The van der Waals surface area contributed by atoms with Gasteiger partial charge in [-0.1, -0.05) is 6.07 Å². The summed E-state index contributed by atoms with van der Waals surface area (Å²) in [5.41, 5.74) is 13.0. The van der Waals surface area contributed by atoms with Crippen LogP contribution < -0.4 is 11.1 Å². The summed E-state index contributed by atoms with van der Waals surface area (Å²) in [6.07, 6.45) is 3.77. The molecule has 0 bridgehead atoms. The maximum atomic E-state index is 13.6. The molecular weight excluding hydrogens is 391 g/mol. The van der Waals surface area contributed by atoms with Gasteiger partial charge in [0.2, 0.25) is 0 Å². The fraction of sp³-hybridized carbons (Fsp3) is 0.125. The number of aromatic nitrogens is 4. The van der Waals surface area contributed by atoms with E-state index < -0.39 is 0 Å². The van der Waals surface area contributed by atoms with E-state index in [-0.39, 0.29) is 5.82 Å². The van der Waals surface area contributed by atoms with Gasteiger partial charge in [0.05, 0.1) is 22.6 Å². The molecule has 0 saturated carbocycles. The Kier molecular flexibility index (Phi) is 4.60. The van der Waals surface area contributed by atoms with Crippen LogP contribution in [0.5, 0.6) is 0 Å². The van der Waals surface area contributed by atoms with Gasteiger partial charge in [0.15, 0.2) is 11.5 Å². The lowest BCUT2D eigenvalue weighted by atomic mass is 10.0. The molecule has 3 heterocycles. The number of nitrogens with one attached hydrogen (secondary N) is 1. The number of hydrogen-bond acceptors (Lipinski definition) is 5. The highest BCUT2D eigenvalue weighted by Gasteiger charge is 2.19. The van der Waals surface area contributed by atoms with E-state index in [1.807, 2.05) is 42.0 Å². The van der Waals surface area contributed by atoms with Crippen LogP contribution in [-0.4, -0.2) is 26.4 Å². The minimum atomic E-state index is -0.300. The van der Waals surface area contributed by atoms with Crippen molar-refractivity contribution in [2.45, 2.75) is 13.5 Å². The first-order valence-electron chi connectivity index (χ1n) is 9.99. The number of pyridine rings is 1. The molecule has 0 spiro atoms. The Morgan fingerprint density at radius 1 is 1.03 bits per heavy atom. The molecule has 31 heavy (non-hydrogen) atoms. The molecule has 0 fully saturated rings. The summed E-state index contributed by atoms with van der Waals surface area (Å²) < 4.78 is 15.6. The average Bonchev–Trinajstić information content (AvgIpc) is 3.19. The van der Waals surface area contributed by atoms with Crippen LogP contribution in [0.2, 0.25) is 0 Å². The number of nitrogens with zero attached hydrogens (tertiary/aromatic N) is 4. The standard InChI is InChI=1S/C24H21FN6/c1-14-9-10-28-20-8-5-16(11-19(14)20)22-21(15-3-6-17(25)7-4-15)30-23(26)24-29-18(12-27-2)13-31(22)24/h3-11,13,27H,12H2,1-2H3,(H2,26,30). The van der Waals surface area contributed by atoms with Gasteiger partial charge in [-0.15, -0.1) is 0 Å². The van der Waals surface area contributed by atoms with Crippen molar-refractivity contribution in [3.8, 4) is 22.5 Å². The van der Waals surface area contributed by atoms with Crippen molar-refractivity contribution >= 4 is 22.4 Å². The van der Waals surface area contributed by atoms with E-state index in [1.54, 1.807) is 12.1 Å². The normalized spacial score (nSPS) is 11.5. The number of benzene rings is 2. The van der Waals surface area contributed by atoms with Crippen molar-refractivity contribution in [1.82, 2.24) is 24.7 Å². The van der Waals surface area contributed by atoms with Gasteiger partial charge >= 0.3 is 0 Å². The summed E-state index contributed by atoms with van der Waals surface area (Å²) in [6, 6.07) is 14.4. The third-order valence-electron chi connectivity index (χ3n) is 5.39. The first-order chi connectivity index (χ1) is 15.0. The number of aryl methyl sites for hydroxylation is 1. The molecule has 3 aromatic heterocycles. The summed E-state index contributed by atoms with van der Waals surface area (Å²) in [6.45, 7) is 2.67. The summed E-state index contributed by atoms with van der Waals surface area (Å²) >= 11 is 0. The molecule has 0 amide bonds. The van der Waals surface area contributed by atoms with Crippen molar-refractivity contribution in [3.05, 3.63) is 78.0 Å². The molecule has 0 radical (unpaired) electrons. The largest absolute Gasteiger partial charge is 0.381 e. The van der Waals surface area contributed by atoms with Crippen molar-refractivity contribution in [2.24, 2.45) is 0 Å². The molecule has 6 nitrogen and oxygen atoms in total. The van der Waals surface area contributed by atoms with Crippen molar-refractivity contribution in [1.29, 1.82) is 0 Å². The molecule has 3 N–H and O–H groups in total. The second-order valence-electron chi connectivity index (χ2n) is 7.52. The van der Waals surface area contributed by atoms with Crippen LogP contribution in [0.25, 0.3) is 39.1 Å². The van der Waals surface area contributed by atoms with Crippen LogP contribution in [0.3, 0.4) is 0 Å². The number of rotatable bonds is 4. The van der Waals surface area contributed by atoms with Crippen molar-refractivity contribution < 1.29 is 4.39 Å². The summed E-state index contributed by atoms with van der Waals surface area (Å²) in [5, 5.41) is 4.18. The summed E-state index contributed by atoms with van der Waals surface area (Å²) in [7, 11) is 1.87. The minimum Gasteiger partial charge on any atom is -0.381 e. The lowest BCUT2D eigenvalue weighted by Gasteiger charge is -2.14. The Bertz CT molecular complexity index is 1420. The zero-order valence-electron chi connectivity index (χ0n) is 17.2. The Morgan fingerprint density at radius 3 is 2.58 bits per heavy atom. The number of hydrogen-bond donors (Lipinski definition) is 2. The first-order valence-corrected chi connectivity index (χ1v) is 9.99. The van der Waals surface area contributed by atoms with Gasteiger partial charge in [0, 0.05) is 35.5 Å². The number of fused-ring (bicyclic) bond motifs is 2. The lowest BCUT2D eigenvalue weighted by Crippen LogP contribution is -2.04. The fourth-order valence-electron chi connectivity index (χ4n) is 3.90. The quantitative estimate of drug-likeness (QED) is 0.458. The number of nitrogen functional groups attached to an aromatic ring is 1. The van der Waals surface area contributed by atoms with E-state index in [2.05, 4.69) is 33.3 Å². The van der Waals surface area contributed by atoms with E-state index in [0.717, 1.165) is 39.0 Å². The molecule has 5 aromatic rings. The molecule has 7 heteroatoms. The minimum absolute atomic E-state index is 0.300. The van der Waals surface area contributed by atoms with Crippen LogP contribution in [0.1, 0.15) is 11.3 Å². The molecule has 0 aliphatic rings. The van der Waals surface area contributed by atoms with Gasteiger partial charge in [0.25, 0.3) is 0 Å². The molecule has 154 valence electrons. The number of anilines is 1.